The number of unbranched alkanes of at least 4 members (excludes halogenated alkanes) is 3. The topological polar surface area (TPSA) is 38.7 Å². The zero-order valence-corrected chi connectivity index (χ0v) is 21.7. The highest BCUT2D eigenvalue weighted by Crippen LogP contribution is 2.36. The summed E-state index contributed by atoms with van der Waals surface area (Å²) in [7, 11) is 1.75. The molecule has 0 radical (unpaired) electrons. The molecule has 0 aromatic heterocycles. The minimum absolute atomic E-state index is 0.0789. The summed E-state index contributed by atoms with van der Waals surface area (Å²) in [6, 6.07) is 6.34. The first-order valence-corrected chi connectivity index (χ1v) is 13.6. The van der Waals surface area contributed by atoms with Crippen molar-refractivity contribution in [3.8, 4) is 0 Å². The highest BCUT2D eigenvalue weighted by molar-refractivity contribution is 5.81. The minimum atomic E-state index is -0.252. The van der Waals surface area contributed by atoms with Gasteiger partial charge in [-0.15, -0.1) is 0 Å². The van der Waals surface area contributed by atoms with E-state index < -0.39 is 0 Å². The van der Waals surface area contributed by atoms with E-state index in [4.69, 9.17) is 9.99 Å². The fraction of sp³-hybridized carbons (Fsp3) is 0.548. The first-order valence-electron chi connectivity index (χ1n) is 13.6. The third-order valence-corrected chi connectivity index (χ3v) is 7.25. The van der Waals surface area contributed by atoms with Crippen LogP contribution in [-0.2, 0) is 16.0 Å². The summed E-state index contributed by atoms with van der Waals surface area (Å²) in [5.41, 5.74) is 5.28. The quantitative estimate of drug-likeness (QED) is 0.140. The zero-order chi connectivity index (χ0) is 25.6. The average molecular weight is 501 g/mol. The lowest BCUT2D eigenvalue weighted by atomic mass is 9.85. The van der Waals surface area contributed by atoms with Crippen LogP contribution in [0.3, 0.4) is 0 Å². The van der Waals surface area contributed by atoms with Crippen LogP contribution in [-0.4, -0.2) is 32.3 Å². The maximum absolute atomic E-state index is 15.1. The average Bonchev–Trinajstić information content (AvgIpc) is 2.89. The van der Waals surface area contributed by atoms with Gasteiger partial charge < -0.3 is 4.74 Å². The maximum atomic E-state index is 15.1. The van der Waals surface area contributed by atoms with Crippen molar-refractivity contribution in [2.45, 2.75) is 70.6 Å². The molecule has 0 saturated heterocycles. The van der Waals surface area contributed by atoms with Crippen LogP contribution in [0.25, 0.3) is 11.1 Å². The van der Waals surface area contributed by atoms with E-state index in [1.807, 2.05) is 12.1 Å². The Morgan fingerprint density at radius 3 is 2.44 bits per heavy atom. The molecule has 5 heteroatoms. The summed E-state index contributed by atoms with van der Waals surface area (Å²) in [6.45, 7) is 0.822. The number of rotatable bonds is 16. The second kappa shape index (κ2) is 15.9. The molecule has 0 aliphatic heterocycles. The van der Waals surface area contributed by atoms with Gasteiger partial charge in [-0.05, 0) is 85.5 Å². The Bertz CT molecular complexity index is 932. The first-order chi connectivity index (χ1) is 17.7. The van der Waals surface area contributed by atoms with Gasteiger partial charge >= 0.3 is 0 Å². The molecule has 0 fully saturated rings. The Kier molecular flexibility index (Phi) is 12.6. The second-order valence-corrected chi connectivity index (χ2v) is 9.99. The number of halogens is 2. The van der Waals surface area contributed by atoms with E-state index in [-0.39, 0.29) is 25.0 Å². The number of methoxy groups -OCH3 is 1. The fourth-order valence-corrected chi connectivity index (χ4v) is 5.17. The molecule has 36 heavy (non-hydrogen) atoms. The standard InChI is InChI=1S/C31H42F2O3/c1-35-20-6-8-24-11-14-26(15-12-24)29-18-16-28(23-27(29)10-4-2-3-5-19-32)30-17-13-25(22-31(30)33)9-7-21-36-34/h11,13-18,23-25,34H,2-10,12,19-22H2,1H3. The number of hydrogen-bond donors (Lipinski definition) is 1. The van der Waals surface area contributed by atoms with Crippen molar-refractivity contribution in [1.29, 1.82) is 0 Å². The molecule has 2 aliphatic rings. The van der Waals surface area contributed by atoms with Gasteiger partial charge in [0.1, 0.15) is 5.83 Å². The van der Waals surface area contributed by atoms with Gasteiger partial charge in [-0.1, -0.05) is 61.4 Å². The van der Waals surface area contributed by atoms with Crippen molar-refractivity contribution >= 4 is 11.1 Å². The van der Waals surface area contributed by atoms with Crippen LogP contribution >= 0.6 is 0 Å². The van der Waals surface area contributed by atoms with Crippen LogP contribution in [0, 0.1) is 11.8 Å². The molecule has 1 aromatic carbocycles. The van der Waals surface area contributed by atoms with Crippen molar-refractivity contribution in [2.24, 2.45) is 11.8 Å². The Balaban J connectivity index is 1.74. The molecule has 0 bridgehead atoms. The van der Waals surface area contributed by atoms with E-state index in [0.717, 1.165) is 63.5 Å². The van der Waals surface area contributed by atoms with E-state index in [1.165, 1.54) is 16.7 Å². The highest BCUT2D eigenvalue weighted by Gasteiger charge is 2.19. The number of allylic oxidation sites excluding steroid dienone is 8. The minimum Gasteiger partial charge on any atom is -0.385 e. The number of alkyl halides is 1. The van der Waals surface area contributed by atoms with Gasteiger partial charge in [0.15, 0.2) is 0 Å². The summed E-state index contributed by atoms with van der Waals surface area (Å²) in [4.78, 5) is 4.14. The van der Waals surface area contributed by atoms with Crippen LogP contribution < -0.4 is 0 Å². The predicted octanol–water partition coefficient (Wildman–Crippen LogP) is 8.67. The monoisotopic (exact) mass is 500 g/mol. The van der Waals surface area contributed by atoms with Crippen molar-refractivity contribution in [3.05, 3.63) is 71.1 Å². The smallest absolute Gasteiger partial charge is 0.108 e. The molecule has 3 nitrogen and oxygen atoms in total. The molecule has 0 amide bonds. The van der Waals surface area contributed by atoms with E-state index in [9.17, 15) is 4.39 Å². The van der Waals surface area contributed by atoms with E-state index in [0.29, 0.717) is 30.8 Å². The van der Waals surface area contributed by atoms with Gasteiger partial charge in [-0.3, -0.25) is 9.65 Å². The van der Waals surface area contributed by atoms with E-state index in [2.05, 4.69) is 41.3 Å². The number of aryl methyl sites for hydroxylation is 1. The molecule has 0 spiro atoms. The lowest BCUT2D eigenvalue weighted by molar-refractivity contribution is -0.243. The third-order valence-electron chi connectivity index (χ3n) is 7.25. The number of ether oxygens (including phenoxy) is 1. The summed E-state index contributed by atoms with van der Waals surface area (Å²) in [6.07, 6.45) is 20.4. The molecule has 198 valence electrons. The molecule has 0 saturated carbocycles. The van der Waals surface area contributed by atoms with Gasteiger partial charge in [-0.2, -0.15) is 0 Å². The van der Waals surface area contributed by atoms with Crippen molar-refractivity contribution in [3.63, 3.8) is 0 Å². The van der Waals surface area contributed by atoms with E-state index >= 15 is 4.39 Å². The molecule has 1 N–H and O–H groups in total. The van der Waals surface area contributed by atoms with Gasteiger partial charge in [0.05, 0.1) is 13.3 Å². The Morgan fingerprint density at radius 2 is 1.72 bits per heavy atom. The lowest BCUT2D eigenvalue weighted by Crippen LogP contribution is -2.06. The predicted molar refractivity (Wildman–Crippen MR) is 144 cm³/mol. The summed E-state index contributed by atoms with van der Waals surface area (Å²) in [5.74, 6) is 0.605. The van der Waals surface area contributed by atoms with Crippen LogP contribution in [0.5, 0.6) is 0 Å². The van der Waals surface area contributed by atoms with Crippen LogP contribution in [0.1, 0.15) is 80.9 Å². The number of hydrogen-bond acceptors (Lipinski definition) is 3. The van der Waals surface area contributed by atoms with E-state index in [1.54, 1.807) is 7.11 Å². The highest BCUT2D eigenvalue weighted by atomic mass is 19.1. The SMILES string of the molecule is COCCCC1C=CC(c2ccc(C3=C(F)CC(CCCOO)C=C3)cc2CCCCCCF)=CC1. The fourth-order valence-electron chi connectivity index (χ4n) is 5.17. The summed E-state index contributed by atoms with van der Waals surface area (Å²) < 4.78 is 32.8. The second-order valence-electron chi connectivity index (χ2n) is 9.99. The number of benzene rings is 1. The first kappa shape index (κ1) is 28.5. The van der Waals surface area contributed by atoms with Crippen LogP contribution in [0.2, 0.25) is 0 Å². The molecule has 3 rings (SSSR count). The van der Waals surface area contributed by atoms with Crippen molar-refractivity contribution < 1.29 is 23.7 Å². The molecule has 1 aromatic rings. The summed E-state index contributed by atoms with van der Waals surface area (Å²) in [5, 5.41) is 8.51. The maximum Gasteiger partial charge on any atom is 0.108 e. The third kappa shape index (κ3) is 8.79. The van der Waals surface area contributed by atoms with Crippen LogP contribution in [0.4, 0.5) is 8.78 Å². The molecule has 2 aliphatic carbocycles. The molecular formula is C31H42F2O3. The Morgan fingerprint density at radius 1 is 0.944 bits per heavy atom. The van der Waals surface area contributed by atoms with Gasteiger partial charge in [-0.25, -0.2) is 9.28 Å². The van der Waals surface area contributed by atoms with Crippen molar-refractivity contribution in [2.75, 3.05) is 27.0 Å². The summed E-state index contributed by atoms with van der Waals surface area (Å²) >= 11 is 0. The largest absolute Gasteiger partial charge is 0.385 e. The normalized spacial score (nSPS) is 19.7. The van der Waals surface area contributed by atoms with Gasteiger partial charge in [0.25, 0.3) is 0 Å². The Hall–Kier alpha value is -2.08. The molecule has 0 heterocycles. The Labute approximate surface area is 215 Å². The van der Waals surface area contributed by atoms with Crippen LogP contribution in [0.15, 0.2) is 54.4 Å². The molecule has 2 atom stereocenters. The lowest BCUT2D eigenvalue weighted by Gasteiger charge is -2.21. The zero-order valence-electron chi connectivity index (χ0n) is 21.7. The van der Waals surface area contributed by atoms with Gasteiger partial charge in [0.2, 0.25) is 0 Å². The molecular weight excluding hydrogens is 458 g/mol. The van der Waals surface area contributed by atoms with Crippen molar-refractivity contribution in [1.82, 2.24) is 0 Å². The molecule has 2 unspecified atom stereocenters. The van der Waals surface area contributed by atoms with Gasteiger partial charge in [0, 0.05) is 25.7 Å².